The fourth-order valence-corrected chi connectivity index (χ4v) is 2.50. The molecule has 108 valence electrons. The van der Waals surface area contributed by atoms with Crippen LogP contribution in [0.2, 0.25) is 0 Å². The maximum atomic E-state index is 13.3. The molecule has 6 heteroatoms. The molecule has 3 nitrogen and oxygen atoms in total. The Morgan fingerprint density at radius 3 is 2.45 bits per heavy atom. The first-order valence-corrected chi connectivity index (χ1v) is 6.76. The third kappa shape index (κ3) is 2.07. The van der Waals surface area contributed by atoms with Crippen LogP contribution in [-0.2, 0) is 6.18 Å². The van der Waals surface area contributed by atoms with E-state index in [0.717, 1.165) is 12.8 Å². The zero-order valence-corrected chi connectivity index (χ0v) is 11.6. The van der Waals surface area contributed by atoms with Crippen LogP contribution in [0.1, 0.15) is 55.6 Å². The van der Waals surface area contributed by atoms with Crippen LogP contribution in [0, 0.1) is 6.92 Å². The van der Waals surface area contributed by atoms with Crippen LogP contribution < -0.4 is 0 Å². The minimum Gasteiger partial charge on any atom is -0.244 e. The number of rotatable bonds is 2. The number of pyridine rings is 1. The van der Waals surface area contributed by atoms with Crippen molar-refractivity contribution >= 4 is 11.0 Å². The zero-order chi connectivity index (χ0) is 14.7. The monoisotopic (exact) mass is 283 g/mol. The molecule has 0 spiro atoms. The highest BCUT2D eigenvalue weighted by Crippen LogP contribution is 2.43. The van der Waals surface area contributed by atoms with Gasteiger partial charge in [-0.25, -0.2) is 9.67 Å². The SMILES string of the molecule is Cc1nn(C(C)C)c2nc(C3CC3)cc(C(F)(F)F)c12. The Hall–Kier alpha value is -1.59. The van der Waals surface area contributed by atoms with Gasteiger partial charge in [0.15, 0.2) is 5.65 Å². The third-order valence-corrected chi connectivity index (χ3v) is 3.65. The zero-order valence-electron chi connectivity index (χ0n) is 11.6. The van der Waals surface area contributed by atoms with Gasteiger partial charge >= 0.3 is 6.18 Å². The average Bonchev–Trinajstić information content (AvgIpc) is 3.12. The summed E-state index contributed by atoms with van der Waals surface area (Å²) in [5, 5.41) is 4.37. The molecule has 0 bridgehead atoms. The molecule has 2 aromatic heterocycles. The number of hydrogen-bond acceptors (Lipinski definition) is 2. The maximum Gasteiger partial charge on any atom is 0.417 e. The third-order valence-electron chi connectivity index (χ3n) is 3.65. The fourth-order valence-electron chi connectivity index (χ4n) is 2.50. The molecular weight excluding hydrogens is 267 g/mol. The first kappa shape index (κ1) is 13.4. The van der Waals surface area contributed by atoms with E-state index in [-0.39, 0.29) is 17.3 Å². The van der Waals surface area contributed by atoms with Crippen LogP contribution in [0.25, 0.3) is 11.0 Å². The molecule has 2 aromatic rings. The van der Waals surface area contributed by atoms with E-state index in [1.54, 1.807) is 11.6 Å². The van der Waals surface area contributed by atoms with Gasteiger partial charge in [-0.05, 0) is 39.7 Å². The molecule has 0 unspecified atom stereocenters. The minimum atomic E-state index is -4.37. The molecule has 1 fully saturated rings. The quantitative estimate of drug-likeness (QED) is 0.826. The number of halogens is 3. The van der Waals surface area contributed by atoms with Crippen LogP contribution in [0.15, 0.2) is 6.07 Å². The second-order valence-electron chi connectivity index (χ2n) is 5.69. The standard InChI is InChI=1S/C14H16F3N3/c1-7(2)20-13-12(8(3)19-20)10(14(15,16)17)6-11(18-13)9-4-5-9/h6-7,9H,4-5H2,1-3H3. The van der Waals surface area contributed by atoms with E-state index in [1.165, 1.54) is 6.07 Å². The van der Waals surface area contributed by atoms with Crippen molar-refractivity contribution in [2.75, 3.05) is 0 Å². The van der Waals surface area contributed by atoms with Crippen molar-refractivity contribution in [2.45, 2.75) is 51.7 Å². The van der Waals surface area contributed by atoms with Gasteiger partial charge in [-0.15, -0.1) is 0 Å². The molecule has 0 aliphatic heterocycles. The van der Waals surface area contributed by atoms with E-state index in [9.17, 15) is 13.2 Å². The number of hydrogen-bond donors (Lipinski definition) is 0. The van der Waals surface area contributed by atoms with Crippen LogP contribution in [0.5, 0.6) is 0 Å². The molecule has 3 rings (SSSR count). The first-order chi connectivity index (χ1) is 9.29. The lowest BCUT2D eigenvalue weighted by molar-refractivity contribution is -0.136. The average molecular weight is 283 g/mol. The lowest BCUT2D eigenvalue weighted by Crippen LogP contribution is -2.09. The van der Waals surface area contributed by atoms with Gasteiger partial charge in [0.2, 0.25) is 0 Å². The molecule has 0 amide bonds. The number of alkyl halides is 3. The molecule has 1 aliphatic carbocycles. The van der Waals surface area contributed by atoms with Crippen molar-refractivity contribution < 1.29 is 13.2 Å². The summed E-state index contributed by atoms with van der Waals surface area (Å²) in [5.74, 6) is 0.177. The number of aryl methyl sites for hydroxylation is 1. The maximum absolute atomic E-state index is 13.3. The molecule has 1 aliphatic rings. The van der Waals surface area contributed by atoms with Crippen LogP contribution >= 0.6 is 0 Å². The smallest absolute Gasteiger partial charge is 0.244 e. The second-order valence-corrected chi connectivity index (χ2v) is 5.69. The van der Waals surface area contributed by atoms with Crippen LogP contribution in [0.4, 0.5) is 13.2 Å². The fraction of sp³-hybridized carbons (Fsp3) is 0.571. The van der Waals surface area contributed by atoms with Gasteiger partial charge in [0.1, 0.15) is 0 Å². The van der Waals surface area contributed by atoms with Gasteiger partial charge in [-0.2, -0.15) is 18.3 Å². The van der Waals surface area contributed by atoms with Crippen LogP contribution in [-0.4, -0.2) is 14.8 Å². The Bertz CT molecular complexity index is 666. The molecule has 0 atom stereocenters. The molecule has 20 heavy (non-hydrogen) atoms. The van der Waals surface area contributed by atoms with Crippen molar-refractivity contribution in [3.8, 4) is 0 Å². The first-order valence-electron chi connectivity index (χ1n) is 6.76. The molecule has 2 heterocycles. The van der Waals surface area contributed by atoms with E-state index in [4.69, 9.17) is 0 Å². The molecule has 0 radical (unpaired) electrons. The largest absolute Gasteiger partial charge is 0.417 e. The number of aromatic nitrogens is 3. The molecule has 1 saturated carbocycles. The Labute approximate surface area is 114 Å². The lowest BCUT2D eigenvalue weighted by atomic mass is 10.1. The van der Waals surface area contributed by atoms with Gasteiger partial charge in [-0.3, -0.25) is 0 Å². The highest BCUT2D eigenvalue weighted by Gasteiger charge is 2.37. The summed E-state index contributed by atoms with van der Waals surface area (Å²) < 4.78 is 41.5. The van der Waals surface area contributed by atoms with E-state index in [0.29, 0.717) is 17.0 Å². The van der Waals surface area contributed by atoms with Crippen molar-refractivity contribution in [2.24, 2.45) is 0 Å². The predicted molar refractivity (Wildman–Crippen MR) is 69.6 cm³/mol. The Kier molecular flexibility index (Phi) is 2.81. The highest BCUT2D eigenvalue weighted by atomic mass is 19.4. The number of nitrogens with zero attached hydrogens (tertiary/aromatic N) is 3. The summed E-state index contributed by atoms with van der Waals surface area (Å²) in [6.45, 7) is 5.39. The Morgan fingerprint density at radius 2 is 1.95 bits per heavy atom. The van der Waals surface area contributed by atoms with Crippen LogP contribution in [0.3, 0.4) is 0 Å². The second kappa shape index (κ2) is 4.20. The van der Waals surface area contributed by atoms with Gasteiger partial charge in [0.25, 0.3) is 0 Å². The summed E-state index contributed by atoms with van der Waals surface area (Å²) in [4.78, 5) is 4.45. The van der Waals surface area contributed by atoms with Crippen molar-refractivity contribution in [3.05, 3.63) is 23.0 Å². The van der Waals surface area contributed by atoms with Gasteiger partial charge in [0.05, 0.1) is 16.6 Å². The van der Waals surface area contributed by atoms with Crippen molar-refractivity contribution in [1.29, 1.82) is 0 Å². The van der Waals surface area contributed by atoms with Gasteiger partial charge in [-0.1, -0.05) is 0 Å². The summed E-state index contributed by atoms with van der Waals surface area (Å²) in [7, 11) is 0. The molecule has 0 aromatic carbocycles. The molecule has 0 N–H and O–H groups in total. The summed E-state index contributed by atoms with van der Waals surface area (Å²) in [6, 6.07) is 1.19. The predicted octanol–water partition coefficient (Wildman–Crippen LogP) is 4.22. The number of fused-ring (bicyclic) bond motifs is 1. The highest BCUT2D eigenvalue weighted by molar-refractivity contribution is 5.83. The molecule has 0 saturated heterocycles. The molecular formula is C14H16F3N3. The van der Waals surface area contributed by atoms with Gasteiger partial charge < -0.3 is 0 Å². The van der Waals surface area contributed by atoms with Gasteiger partial charge in [0, 0.05) is 17.7 Å². The van der Waals surface area contributed by atoms with Crippen molar-refractivity contribution in [3.63, 3.8) is 0 Å². The normalized spacial score (nSPS) is 16.4. The van der Waals surface area contributed by atoms with E-state index >= 15 is 0 Å². The summed E-state index contributed by atoms with van der Waals surface area (Å²) >= 11 is 0. The van der Waals surface area contributed by atoms with E-state index in [1.807, 2.05) is 13.8 Å². The Balaban J connectivity index is 2.35. The topological polar surface area (TPSA) is 30.7 Å². The Morgan fingerprint density at radius 1 is 1.30 bits per heavy atom. The van der Waals surface area contributed by atoms with Crippen molar-refractivity contribution in [1.82, 2.24) is 14.8 Å². The summed E-state index contributed by atoms with van der Waals surface area (Å²) in [6.07, 6.45) is -2.53. The summed E-state index contributed by atoms with van der Waals surface area (Å²) in [5.41, 5.74) is 0.686. The lowest BCUT2D eigenvalue weighted by Gasteiger charge is -2.12. The minimum absolute atomic E-state index is 0.0192. The van der Waals surface area contributed by atoms with E-state index in [2.05, 4.69) is 10.1 Å². The van der Waals surface area contributed by atoms with E-state index < -0.39 is 11.7 Å².